The van der Waals surface area contributed by atoms with E-state index >= 15 is 0 Å². The van der Waals surface area contributed by atoms with Gasteiger partial charge in [-0.2, -0.15) is 0 Å². The number of ether oxygens (including phenoxy) is 1. The second-order valence-electron chi connectivity index (χ2n) is 7.04. The van der Waals surface area contributed by atoms with Crippen LogP contribution in [-0.2, 0) is 14.3 Å². The molecule has 0 bridgehead atoms. The fourth-order valence-corrected chi connectivity index (χ4v) is 2.79. The molecule has 0 aliphatic heterocycles. The fourth-order valence-electron chi connectivity index (χ4n) is 2.79. The number of rotatable bonds is 18. The van der Waals surface area contributed by atoms with Crippen LogP contribution in [0.4, 0.5) is 0 Å². The van der Waals surface area contributed by atoms with Gasteiger partial charge in [-0.15, -0.1) is 0 Å². The zero-order valence-corrected chi connectivity index (χ0v) is 16.7. The van der Waals surface area contributed by atoms with E-state index in [1.165, 1.54) is 84.0 Å². The third-order valence-electron chi connectivity index (χ3n) is 4.31. The van der Waals surface area contributed by atoms with E-state index in [0.29, 0.717) is 6.61 Å². The van der Waals surface area contributed by atoms with Crippen LogP contribution in [-0.4, -0.2) is 18.4 Å². The van der Waals surface area contributed by atoms with Crippen molar-refractivity contribution in [3.8, 4) is 0 Å². The van der Waals surface area contributed by atoms with Crippen LogP contribution in [0, 0.1) is 0 Å². The van der Waals surface area contributed by atoms with Crippen LogP contribution < -0.4 is 0 Å². The molecule has 0 saturated carbocycles. The van der Waals surface area contributed by atoms with Crippen LogP contribution in [0.3, 0.4) is 0 Å². The van der Waals surface area contributed by atoms with Crippen LogP contribution in [0.15, 0.2) is 12.2 Å². The Labute approximate surface area is 155 Å². The van der Waals surface area contributed by atoms with E-state index in [-0.39, 0.29) is 18.2 Å². The topological polar surface area (TPSA) is 43.4 Å². The lowest BCUT2D eigenvalue weighted by atomic mass is 10.1. The van der Waals surface area contributed by atoms with Crippen molar-refractivity contribution in [3.05, 3.63) is 12.2 Å². The average molecular weight is 353 g/mol. The third-order valence-corrected chi connectivity index (χ3v) is 4.31. The van der Waals surface area contributed by atoms with E-state index in [1.807, 2.05) is 0 Å². The maximum Gasteiger partial charge on any atom is 0.313 e. The molecular formula is C22H40O3. The van der Waals surface area contributed by atoms with Gasteiger partial charge >= 0.3 is 5.97 Å². The molecule has 0 unspecified atom stereocenters. The first-order valence-electron chi connectivity index (χ1n) is 10.5. The molecule has 0 N–H and O–H groups in total. The molecule has 0 aromatic carbocycles. The molecule has 3 nitrogen and oxygen atoms in total. The van der Waals surface area contributed by atoms with E-state index < -0.39 is 0 Å². The van der Waals surface area contributed by atoms with Gasteiger partial charge in [-0.3, -0.25) is 9.59 Å². The number of carbonyl (C=O) groups excluding carboxylic acids is 2. The Morgan fingerprint density at radius 3 is 1.72 bits per heavy atom. The number of hydrogen-bond donors (Lipinski definition) is 0. The summed E-state index contributed by atoms with van der Waals surface area (Å²) in [6.45, 7) is 4.12. The Bertz CT molecular complexity index is 347. The molecular weight excluding hydrogens is 312 g/mol. The van der Waals surface area contributed by atoms with E-state index in [9.17, 15) is 9.59 Å². The van der Waals surface area contributed by atoms with Gasteiger partial charge in [-0.1, -0.05) is 76.9 Å². The second kappa shape index (κ2) is 19.2. The lowest BCUT2D eigenvalue weighted by molar-refractivity contribution is -0.145. The Kier molecular flexibility index (Phi) is 18.3. The van der Waals surface area contributed by atoms with Crippen LogP contribution in [0.2, 0.25) is 0 Å². The lowest BCUT2D eigenvalue weighted by Crippen LogP contribution is -2.09. The Hall–Kier alpha value is -1.12. The van der Waals surface area contributed by atoms with Crippen molar-refractivity contribution in [2.75, 3.05) is 6.61 Å². The highest BCUT2D eigenvalue weighted by Gasteiger charge is 2.05. The van der Waals surface area contributed by atoms with E-state index in [2.05, 4.69) is 19.1 Å². The minimum Gasteiger partial charge on any atom is -0.465 e. The van der Waals surface area contributed by atoms with Crippen LogP contribution in [0.25, 0.3) is 0 Å². The molecule has 0 fully saturated rings. The summed E-state index contributed by atoms with van der Waals surface area (Å²) in [6, 6.07) is 0. The Morgan fingerprint density at radius 2 is 1.20 bits per heavy atom. The first-order valence-corrected chi connectivity index (χ1v) is 10.5. The second-order valence-corrected chi connectivity index (χ2v) is 7.04. The van der Waals surface area contributed by atoms with Crippen molar-refractivity contribution in [3.63, 3.8) is 0 Å². The normalized spacial score (nSPS) is 11.1. The summed E-state index contributed by atoms with van der Waals surface area (Å²) in [5.74, 6) is -0.522. The summed E-state index contributed by atoms with van der Waals surface area (Å²) >= 11 is 0. The quantitative estimate of drug-likeness (QED) is 0.122. The molecule has 0 spiro atoms. The Balaban J connectivity index is 3.17. The maximum atomic E-state index is 11.2. The van der Waals surface area contributed by atoms with Gasteiger partial charge in [0.1, 0.15) is 12.2 Å². The molecule has 0 aromatic rings. The minimum atomic E-state index is -0.389. The molecule has 0 aromatic heterocycles. The van der Waals surface area contributed by atoms with Crippen molar-refractivity contribution >= 4 is 11.8 Å². The first kappa shape index (κ1) is 23.9. The Morgan fingerprint density at radius 1 is 0.720 bits per heavy atom. The van der Waals surface area contributed by atoms with Gasteiger partial charge in [0.2, 0.25) is 0 Å². The molecule has 0 rings (SSSR count). The summed E-state index contributed by atoms with van der Waals surface area (Å²) in [5, 5.41) is 0. The molecule has 146 valence electrons. The van der Waals surface area contributed by atoms with Gasteiger partial charge in [0.25, 0.3) is 0 Å². The highest BCUT2D eigenvalue weighted by molar-refractivity contribution is 5.94. The van der Waals surface area contributed by atoms with Crippen molar-refractivity contribution in [2.24, 2.45) is 0 Å². The predicted molar refractivity (Wildman–Crippen MR) is 106 cm³/mol. The summed E-state index contributed by atoms with van der Waals surface area (Å²) in [5.41, 5.74) is 0. The van der Waals surface area contributed by atoms with Crippen molar-refractivity contribution in [2.45, 2.75) is 110 Å². The van der Waals surface area contributed by atoms with Gasteiger partial charge in [0.05, 0.1) is 6.61 Å². The number of unbranched alkanes of at least 4 members (excludes halogenated alkanes) is 12. The minimum absolute atomic E-state index is 0.0909. The number of allylic oxidation sites excluding steroid dienone is 2. The van der Waals surface area contributed by atoms with Crippen LogP contribution in [0.1, 0.15) is 110 Å². The highest BCUT2D eigenvalue weighted by Crippen LogP contribution is 2.10. The van der Waals surface area contributed by atoms with Crippen molar-refractivity contribution in [1.29, 1.82) is 0 Å². The molecule has 0 saturated heterocycles. The highest BCUT2D eigenvalue weighted by atomic mass is 16.5. The van der Waals surface area contributed by atoms with Gasteiger partial charge in [0, 0.05) is 0 Å². The monoisotopic (exact) mass is 352 g/mol. The molecule has 3 heteroatoms. The maximum absolute atomic E-state index is 11.2. The fraction of sp³-hybridized carbons (Fsp3) is 0.818. The van der Waals surface area contributed by atoms with Crippen molar-refractivity contribution < 1.29 is 14.3 Å². The van der Waals surface area contributed by atoms with Gasteiger partial charge in [-0.25, -0.2) is 0 Å². The van der Waals surface area contributed by atoms with Gasteiger partial charge < -0.3 is 4.74 Å². The van der Waals surface area contributed by atoms with Gasteiger partial charge in [-0.05, 0) is 39.0 Å². The summed E-state index contributed by atoms with van der Waals surface area (Å²) < 4.78 is 5.00. The largest absolute Gasteiger partial charge is 0.465 e. The standard InChI is InChI=1S/C22H40O3/c1-3-4-5-6-7-8-9-10-11-12-13-14-15-16-17-18-19-25-22(24)20-21(2)23/h10-11H,3-9,12-20H2,1-2H3/b11-10-. The van der Waals surface area contributed by atoms with Gasteiger partial charge in [0.15, 0.2) is 0 Å². The molecule has 0 aliphatic carbocycles. The number of hydrogen-bond acceptors (Lipinski definition) is 3. The molecule has 0 aliphatic rings. The van der Waals surface area contributed by atoms with Crippen molar-refractivity contribution in [1.82, 2.24) is 0 Å². The zero-order valence-electron chi connectivity index (χ0n) is 16.7. The number of Topliss-reactive ketones (excluding diaryl/α,β-unsaturated/α-hetero) is 1. The molecule has 0 atom stereocenters. The predicted octanol–water partition coefficient (Wildman–Crippen LogP) is 6.55. The third kappa shape index (κ3) is 20.8. The number of carbonyl (C=O) groups is 2. The number of esters is 1. The average Bonchev–Trinajstić information content (AvgIpc) is 2.57. The molecule has 0 heterocycles. The smallest absolute Gasteiger partial charge is 0.313 e. The van der Waals surface area contributed by atoms with Crippen LogP contribution in [0.5, 0.6) is 0 Å². The lowest BCUT2D eigenvalue weighted by Gasteiger charge is -2.03. The molecule has 0 radical (unpaired) electrons. The molecule has 25 heavy (non-hydrogen) atoms. The first-order chi connectivity index (χ1) is 12.2. The summed E-state index contributed by atoms with van der Waals surface area (Å²) in [6.07, 6.45) is 22.3. The summed E-state index contributed by atoms with van der Waals surface area (Å²) in [4.78, 5) is 21.9. The summed E-state index contributed by atoms with van der Waals surface area (Å²) in [7, 11) is 0. The SMILES string of the molecule is CCCCCCCC/C=C\CCCCCCCCOC(=O)CC(C)=O. The van der Waals surface area contributed by atoms with Crippen LogP contribution >= 0.6 is 0 Å². The van der Waals surface area contributed by atoms with E-state index in [4.69, 9.17) is 4.74 Å². The van der Waals surface area contributed by atoms with E-state index in [0.717, 1.165) is 12.8 Å². The van der Waals surface area contributed by atoms with E-state index in [1.54, 1.807) is 0 Å². The number of ketones is 1. The molecule has 0 amide bonds. The zero-order chi connectivity index (χ0) is 18.6.